The van der Waals surface area contributed by atoms with Crippen LogP contribution in [0.5, 0.6) is 5.75 Å². The van der Waals surface area contributed by atoms with Gasteiger partial charge in [-0.05, 0) is 42.7 Å². The van der Waals surface area contributed by atoms with Gasteiger partial charge in [-0.2, -0.15) is 0 Å². The first kappa shape index (κ1) is 11.9. The summed E-state index contributed by atoms with van der Waals surface area (Å²) in [5.41, 5.74) is 3.29. The molecule has 0 fully saturated rings. The highest BCUT2D eigenvalue weighted by molar-refractivity contribution is 5.42. The fourth-order valence-corrected chi connectivity index (χ4v) is 2.02. The molecule has 0 unspecified atom stereocenters. The molecule has 0 saturated carbocycles. The molecule has 2 heteroatoms. The number of ether oxygens (including phenoxy) is 1. The fourth-order valence-electron chi connectivity index (χ4n) is 2.02. The van der Waals surface area contributed by atoms with E-state index >= 15 is 0 Å². The molecule has 1 N–H and O–H groups in total. The molecule has 1 aliphatic rings. The van der Waals surface area contributed by atoms with E-state index in [-0.39, 0.29) is 6.10 Å². The number of phenols is 1. The lowest BCUT2D eigenvalue weighted by Crippen LogP contribution is -2.20. The number of hydrogen-bond acceptors (Lipinski definition) is 2. The quantitative estimate of drug-likeness (QED) is 0.790. The van der Waals surface area contributed by atoms with Crippen molar-refractivity contribution in [3.8, 4) is 5.75 Å². The zero-order valence-electron chi connectivity index (χ0n) is 10.3. The molecule has 90 valence electrons. The van der Waals surface area contributed by atoms with Gasteiger partial charge in [-0.25, -0.2) is 0 Å². The predicted octanol–water partition coefficient (Wildman–Crippen LogP) is 3.27. The largest absolute Gasteiger partial charge is 0.508 e. The summed E-state index contributed by atoms with van der Waals surface area (Å²) in [4.78, 5) is 0. The predicted molar refractivity (Wildman–Crippen MR) is 69.1 cm³/mol. The van der Waals surface area contributed by atoms with Crippen molar-refractivity contribution in [1.29, 1.82) is 0 Å². The Hall–Kier alpha value is -1.54. The lowest BCUT2D eigenvalue weighted by molar-refractivity contribution is 0.0594. The smallest absolute Gasteiger partial charge is 0.118 e. The van der Waals surface area contributed by atoms with Crippen molar-refractivity contribution >= 4 is 0 Å². The minimum atomic E-state index is 0.112. The summed E-state index contributed by atoms with van der Waals surface area (Å²) in [6, 6.07) is 3.88. The maximum absolute atomic E-state index is 9.71. The number of hydrogen-bond donors (Lipinski definition) is 1. The fraction of sp³-hybridized carbons (Fsp3) is 0.333. The van der Waals surface area contributed by atoms with Crippen molar-refractivity contribution in [1.82, 2.24) is 0 Å². The van der Waals surface area contributed by atoms with Crippen LogP contribution in [0.3, 0.4) is 0 Å². The van der Waals surface area contributed by atoms with Crippen LogP contribution in [0.15, 0.2) is 36.4 Å². The van der Waals surface area contributed by atoms with E-state index in [4.69, 9.17) is 4.74 Å². The molecule has 1 aromatic carbocycles. The van der Waals surface area contributed by atoms with E-state index in [9.17, 15) is 5.11 Å². The molecule has 17 heavy (non-hydrogen) atoms. The van der Waals surface area contributed by atoms with Crippen LogP contribution in [-0.2, 0) is 17.8 Å². The summed E-state index contributed by atoms with van der Waals surface area (Å²) in [7, 11) is 0. The molecule has 0 aliphatic carbocycles. The molecule has 1 aromatic rings. The van der Waals surface area contributed by atoms with Crippen LogP contribution in [0.25, 0.3) is 0 Å². The standard InChI is InChI=1S/C15H18O2/c1-3-4-5-6-14-8-12-9-15(16)11(2)7-13(12)10-17-14/h3-7,9,14,16H,8,10H2,1-2H3/b4-3+,6-5+/t14-/m1/s1. The molecule has 0 radical (unpaired) electrons. The summed E-state index contributed by atoms with van der Waals surface area (Å²) in [5.74, 6) is 0.377. The third kappa shape index (κ3) is 2.77. The molecule has 2 rings (SSSR count). The van der Waals surface area contributed by atoms with E-state index < -0.39 is 0 Å². The molecule has 0 saturated heterocycles. The Morgan fingerprint density at radius 3 is 2.88 bits per heavy atom. The van der Waals surface area contributed by atoms with Crippen LogP contribution in [-0.4, -0.2) is 11.2 Å². The zero-order valence-corrected chi connectivity index (χ0v) is 10.3. The number of allylic oxidation sites excluding steroid dienone is 3. The SMILES string of the molecule is C/C=C/C=C/[C@@H]1Cc2cc(O)c(C)cc2CO1. The third-order valence-electron chi connectivity index (χ3n) is 3.02. The van der Waals surface area contributed by atoms with Crippen molar-refractivity contribution < 1.29 is 9.84 Å². The summed E-state index contributed by atoms with van der Waals surface area (Å²) in [6.45, 7) is 4.52. The Labute approximate surface area is 102 Å². The number of phenolic OH excluding ortho intramolecular Hbond substituents is 1. The molecule has 0 spiro atoms. The van der Waals surface area contributed by atoms with Gasteiger partial charge in [0.15, 0.2) is 0 Å². The van der Waals surface area contributed by atoms with E-state index in [1.807, 2.05) is 44.2 Å². The molecule has 0 aromatic heterocycles. The Morgan fingerprint density at radius 1 is 1.29 bits per heavy atom. The third-order valence-corrected chi connectivity index (χ3v) is 3.02. The molecule has 1 atom stereocenters. The number of aryl methyl sites for hydroxylation is 1. The summed E-state index contributed by atoms with van der Waals surface area (Å²) in [6.07, 6.45) is 8.98. The van der Waals surface area contributed by atoms with Crippen LogP contribution < -0.4 is 0 Å². The normalized spacial score (nSPS) is 20.0. The second-order valence-corrected chi connectivity index (χ2v) is 4.37. The molecule has 1 aliphatic heterocycles. The Morgan fingerprint density at radius 2 is 2.12 bits per heavy atom. The van der Waals surface area contributed by atoms with Gasteiger partial charge in [-0.15, -0.1) is 0 Å². The van der Waals surface area contributed by atoms with E-state index in [2.05, 4.69) is 6.08 Å². The molecule has 0 amide bonds. The van der Waals surface area contributed by atoms with Gasteiger partial charge in [0.1, 0.15) is 5.75 Å². The van der Waals surface area contributed by atoms with Crippen LogP contribution in [0.2, 0.25) is 0 Å². The topological polar surface area (TPSA) is 29.5 Å². The molecule has 0 bridgehead atoms. The Balaban J connectivity index is 2.16. The van der Waals surface area contributed by atoms with E-state index in [1.165, 1.54) is 11.1 Å². The number of benzene rings is 1. The summed E-state index contributed by atoms with van der Waals surface area (Å²) in [5, 5.41) is 9.71. The maximum Gasteiger partial charge on any atom is 0.118 e. The van der Waals surface area contributed by atoms with E-state index in [0.29, 0.717) is 12.4 Å². The molecular weight excluding hydrogens is 212 g/mol. The van der Waals surface area contributed by atoms with Gasteiger partial charge in [-0.1, -0.05) is 24.3 Å². The van der Waals surface area contributed by atoms with E-state index in [0.717, 1.165) is 12.0 Å². The molecular formula is C15H18O2. The summed E-state index contributed by atoms with van der Waals surface area (Å²) >= 11 is 0. The van der Waals surface area contributed by atoms with Crippen LogP contribution in [0, 0.1) is 6.92 Å². The monoisotopic (exact) mass is 230 g/mol. The number of rotatable bonds is 2. The highest BCUT2D eigenvalue weighted by Gasteiger charge is 2.18. The van der Waals surface area contributed by atoms with Crippen molar-refractivity contribution in [2.45, 2.75) is 33.0 Å². The molecule has 1 heterocycles. The molecule has 2 nitrogen and oxygen atoms in total. The van der Waals surface area contributed by atoms with Gasteiger partial charge in [-0.3, -0.25) is 0 Å². The highest BCUT2D eigenvalue weighted by atomic mass is 16.5. The summed E-state index contributed by atoms with van der Waals surface area (Å²) < 4.78 is 5.74. The maximum atomic E-state index is 9.71. The first-order valence-electron chi connectivity index (χ1n) is 5.93. The van der Waals surface area contributed by atoms with Crippen molar-refractivity contribution in [2.75, 3.05) is 0 Å². The average Bonchev–Trinajstić information content (AvgIpc) is 2.31. The van der Waals surface area contributed by atoms with Crippen molar-refractivity contribution in [2.24, 2.45) is 0 Å². The van der Waals surface area contributed by atoms with Gasteiger partial charge in [0, 0.05) is 6.42 Å². The van der Waals surface area contributed by atoms with Crippen LogP contribution in [0.1, 0.15) is 23.6 Å². The van der Waals surface area contributed by atoms with E-state index in [1.54, 1.807) is 0 Å². The Kier molecular flexibility index (Phi) is 3.64. The first-order chi connectivity index (χ1) is 8.20. The van der Waals surface area contributed by atoms with Crippen molar-refractivity contribution in [3.63, 3.8) is 0 Å². The van der Waals surface area contributed by atoms with Crippen LogP contribution >= 0.6 is 0 Å². The van der Waals surface area contributed by atoms with Gasteiger partial charge in [0.05, 0.1) is 12.7 Å². The van der Waals surface area contributed by atoms with Gasteiger partial charge in [0.2, 0.25) is 0 Å². The number of fused-ring (bicyclic) bond motifs is 1. The zero-order chi connectivity index (χ0) is 12.3. The second kappa shape index (κ2) is 5.19. The lowest BCUT2D eigenvalue weighted by Gasteiger charge is -2.23. The minimum Gasteiger partial charge on any atom is -0.508 e. The Bertz CT molecular complexity index is 458. The van der Waals surface area contributed by atoms with Crippen LogP contribution in [0.4, 0.5) is 0 Å². The number of aromatic hydroxyl groups is 1. The van der Waals surface area contributed by atoms with Gasteiger partial charge >= 0.3 is 0 Å². The highest BCUT2D eigenvalue weighted by Crippen LogP contribution is 2.27. The average molecular weight is 230 g/mol. The van der Waals surface area contributed by atoms with Gasteiger partial charge in [0.25, 0.3) is 0 Å². The second-order valence-electron chi connectivity index (χ2n) is 4.37. The minimum absolute atomic E-state index is 0.112. The van der Waals surface area contributed by atoms with Gasteiger partial charge < -0.3 is 9.84 Å². The van der Waals surface area contributed by atoms with Crippen molar-refractivity contribution in [3.05, 3.63) is 53.1 Å². The first-order valence-corrected chi connectivity index (χ1v) is 5.93. The lowest BCUT2D eigenvalue weighted by atomic mass is 9.96.